The number of pyridine rings is 1. The molecule has 1 aliphatic carbocycles. The third-order valence-corrected chi connectivity index (χ3v) is 11.9. The first-order valence-corrected chi connectivity index (χ1v) is 19.1. The predicted octanol–water partition coefficient (Wildman–Crippen LogP) is 5.18. The van der Waals surface area contributed by atoms with Crippen LogP contribution in [0.4, 0.5) is 9.18 Å². The number of alkyl carbamates (subject to hydrolysis) is 1. The van der Waals surface area contributed by atoms with Crippen LogP contribution < -0.4 is 11.0 Å². The number of aliphatic hydroxyl groups is 1. The number of fused-ring (bicyclic) bond motifs is 5. The van der Waals surface area contributed by atoms with Crippen LogP contribution in [0.2, 0.25) is 0 Å². The summed E-state index contributed by atoms with van der Waals surface area (Å²) in [6, 6.07) is 13.6. The zero-order valence-corrected chi connectivity index (χ0v) is 31.2. The molecule has 0 radical (unpaired) electrons. The number of ether oxygens (including phenoxy) is 2. The Kier molecular flexibility index (Phi) is 8.54. The minimum atomic E-state index is -4.47. The fourth-order valence-electron chi connectivity index (χ4n) is 7.81. The second-order valence-corrected chi connectivity index (χ2v) is 16.7. The summed E-state index contributed by atoms with van der Waals surface area (Å²) in [5.74, 6) is -0.905. The van der Waals surface area contributed by atoms with Crippen molar-refractivity contribution in [1.29, 1.82) is 0 Å². The average molecular weight is 758 g/mol. The Morgan fingerprint density at radius 3 is 2.46 bits per heavy atom. The van der Waals surface area contributed by atoms with Crippen LogP contribution in [-0.4, -0.2) is 71.8 Å². The molecule has 6 aromatic rings. The van der Waals surface area contributed by atoms with Gasteiger partial charge in [0.1, 0.15) is 5.60 Å². The fourth-order valence-corrected chi connectivity index (χ4v) is 9.31. The SMILES string of the molecule is Cn1cc(-c2c3c4c(ncc5c4n(c(=O)n5C)[C@H]4C[C@H](NC(=O)OC(C)(C)C)[C@@H](C4)OCCC(O)c4ccc-3cc4)n2S(=O)(=O)c2ccccc2)c(F)n1. The van der Waals surface area contributed by atoms with Crippen LogP contribution >= 0.6 is 0 Å². The molecule has 1 unspecified atom stereocenters. The number of halogens is 1. The van der Waals surface area contributed by atoms with Gasteiger partial charge in [0.25, 0.3) is 10.0 Å². The highest BCUT2D eigenvalue weighted by atomic mass is 32.2. The van der Waals surface area contributed by atoms with Crippen molar-refractivity contribution in [3.05, 3.63) is 89.0 Å². The quantitative estimate of drug-likeness (QED) is 0.247. The Hall–Kier alpha value is -5.32. The number of hydrogen-bond acceptors (Lipinski definition) is 9. The summed E-state index contributed by atoms with van der Waals surface area (Å²) >= 11 is 0. The Labute approximate surface area is 309 Å². The number of aromatic nitrogens is 6. The van der Waals surface area contributed by atoms with Crippen LogP contribution in [0.15, 0.2) is 76.7 Å². The van der Waals surface area contributed by atoms with Crippen LogP contribution in [-0.2, 0) is 33.6 Å². The van der Waals surface area contributed by atoms with Crippen molar-refractivity contribution in [3.8, 4) is 22.4 Å². The van der Waals surface area contributed by atoms with Gasteiger partial charge in [0.15, 0.2) is 5.65 Å². The van der Waals surface area contributed by atoms with Crippen molar-refractivity contribution in [2.45, 2.75) is 74.8 Å². The largest absolute Gasteiger partial charge is 0.444 e. The van der Waals surface area contributed by atoms with E-state index in [1.54, 1.807) is 74.9 Å². The van der Waals surface area contributed by atoms with Gasteiger partial charge in [0.05, 0.1) is 57.0 Å². The number of benzene rings is 2. The molecule has 1 fully saturated rings. The molecule has 0 spiro atoms. The van der Waals surface area contributed by atoms with Crippen molar-refractivity contribution in [1.82, 2.24) is 33.2 Å². The second kappa shape index (κ2) is 12.9. The van der Waals surface area contributed by atoms with Gasteiger partial charge in [-0.3, -0.25) is 13.8 Å². The van der Waals surface area contributed by atoms with E-state index in [1.807, 2.05) is 0 Å². The number of carbonyl (C=O) groups excluding carboxylic acids is 1. The highest BCUT2D eigenvalue weighted by Crippen LogP contribution is 2.47. The van der Waals surface area contributed by atoms with Crippen molar-refractivity contribution >= 4 is 38.2 Å². The molecule has 9 rings (SSSR count). The number of nitrogens with zero attached hydrogens (tertiary/aromatic N) is 6. The Balaban J connectivity index is 1.48. The highest BCUT2D eigenvalue weighted by molar-refractivity contribution is 7.90. The maximum absolute atomic E-state index is 16.0. The number of nitrogens with one attached hydrogen (secondary N) is 1. The van der Waals surface area contributed by atoms with Gasteiger partial charge in [0, 0.05) is 44.9 Å². The third kappa shape index (κ3) is 5.88. The van der Waals surface area contributed by atoms with Gasteiger partial charge in [-0.05, 0) is 56.9 Å². The first-order valence-electron chi connectivity index (χ1n) is 17.7. The summed E-state index contributed by atoms with van der Waals surface area (Å²) in [5, 5.41) is 18.4. The molecule has 282 valence electrons. The predicted molar refractivity (Wildman–Crippen MR) is 198 cm³/mol. The zero-order chi connectivity index (χ0) is 38.3. The maximum atomic E-state index is 16.0. The van der Waals surface area contributed by atoms with Gasteiger partial charge >= 0.3 is 11.8 Å². The molecular formula is C38H40FN7O7S. The van der Waals surface area contributed by atoms with Gasteiger partial charge in [0.2, 0.25) is 5.95 Å². The molecule has 1 saturated carbocycles. The molecule has 4 atom stereocenters. The van der Waals surface area contributed by atoms with E-state index < -0.39 is 57.6 Å². The number of aliphatic hydroxyl groups excluding tert-OH is 1. The molecule has 2 N–H and O–H groups in total. The Bertz CT molecular complexity index is 2600. The molecule has 16 heteroatoms. The van der Waals surface area contributed by atoms with Gasteiger partial charge in [-0.25, -0.2) is 27.0 Å². The average Bonchev–Trinajstić information content (AvgIpc) is 3.84. The number of amides is 1. The van der Waals surface area contributed by atoms with E-state index in [2.05, 4.69) is 10.4 Å². The Morgan fingerprint density at radius 2 is 1.80 bits per heavy atom. The van der Waals surface area contributed by atoms with E-state index in [1.165, 1.54) is 40.8 Å². The molecule has 14 nitrogen and oxygen atoms in total. The van der Waals surface area contributed by atoms with Crippen molar-refractivity contribution < 1.29 is 32.2 Å². The summed E-state index contributed by atoms with van der Waals surface area (Å²) in [6.45, 7) is 5.45. The minimum Gasteiger partial charge on any atom is -0.444 e. The van der Waals surface area contributed by atoms with Gasteiger partial charge < -0.3 is 19.9 Å². The second-order valence-electron chi connectivity index (χ2n) is 14.9. The third-order valence-electron chi connectivity index (χ3n) is 10.2. The van der Waals surface area contributed by atoms with Crippen LogP contribution in [0.25, 0.3) is 44.5 Å². The van der Waals surface area contributed by atoms with Gasteiger partial charge in [-0.15, -0.1) is 5.10 Å². The standard InChI is InChI=1S/C38H40FN7O7S/c1-38(2,3)53-36(48)41-26-17-23-18-29(26)52-16-15-28(47)21-11-13-22(14-12-21)30-31-33-27(44(5)37(49)45(23)33)19-40-35(31)46(32(30)25-20-43(4)42-34(25)39)54(50,51)24-9-7-6-8-10-24/h6-14,19-20,23,26,28-29,47H,15-18H2,1-5H3,(H,41,48)/t23-,26-,28?,29+/m0/s1. The molecular weight excluding hydrogens is 718 g/mol. The lowest BCUT2D eigenvalue weighted by Gasteiger charge is -2.25. The fraction of sp³-hybridized carbons (Fsp3) is 0.368. The van der Waals surface area contributed by atoms with Gasteiger partial charge in [-0.2, -0.15) is 4.39 Å². The number of aryl methyl sites for hydroxylation is 2. The van der Waals surface area contributed by atoms with Crippen LogP contribution in [0.3, 0.4) is 0 Å². The first-order chi connectivity index (χ1) is 25.6. The number of imidazole rings is 1. The van der Waals surface area contributed by atoms with Crippen molar-refractivity contribution in [2.24, 2.45) is 14.1 Å². The summed E-state index contributed by atoms with van der Waals surface area (Å²) in [5.41, 5.74) is 0.877. The zero-order valence-electron chi connectivity index (χ0n) is 30.4. The molecule has 6 heterocycles. The number of carbonyl (C=O) groups is 1. The molecule has 3 aliphatic rings. The maximum Gasteiger partial charge on any atom is 0.407 e. The lowest BCUT2D eigenvalue weighted by molar-refractivity contribution is 0.00954. The molecule has 4 aromatic heterocycles. The topological polar surface area (TPSA) is 164 Å². The first kappa shape index (κ1) is 35.7. The van der Waals surface area contributed by atoms with Crippen LogP contribution in [0.5, 0.6) is 0 Å². The summed E-state index contributed by atoms with van der Waals surface area (Å²) < 4.78 is 62.9. The molecule has 0 saturated heterocycles. The molecule has 2 aromatic carbocycles. The van der Waals surface area contributed by atoms with Crippen molar-refractivity contribution in [2.75, 3.05) is 6.61 Å². The van der Waals surface area contributed by atoms with Crippen LogP contribution in [0, 0.1) is 5.95 Å². The monoisotopic (exact) mass is 757 g/mol. The summed E-state index contributed by atoms with van der Waals surface area (Å²) in [6.07, 6.45) is 1.55. The number of rotatable bonds is 4. The number of hydrogen-bond donors (Lipinski definition) is 2. The van der Waals surface area contributed by atoms with E-state index in [4.69, 9.17) is 14.5 Å². The van der Waals surface area contributed by atoms with E-state index in [-0.39, 0.29) is 41.2 Å². The van der Waals surface area contributed by atoms with Crippen LogP contribution in [0.1, 0.15) is 57.7 Å². The lowest BCUT2D eigenvalue weighted by atomic mass is 9.97. The van der Waals surface area contributed by atoms with Crippen molar-refractivity contribution in [3.63, 3.8) is 0 Å². The minimum absolute atomic E-state index is 0.0263. The smallest absolute Gasteiger partial charge is 0.407 e. The summed E-state index contributed by atoms with van der Waals surface area (Å²) in [7, 11) is -1.32. The molecule has 2 aliphatic heterocycles. The molecule has 1 amide bonds. The van der Waals surface area contributed by atoms with E-state index in [0.29, 0.717) is 39.5 Å². The van der Waals surface area contributed by atoms with E-state index >= 15 is 4.39 Å². The van der Waals surface area contributed by atoms with E-state index in [9.17, 15) is 23.1 Å². The highest BCUT2D eigenvalue weighted by Gasteiger charge is 2.41. The normalized spacial score (nSPS) is 20.4. The molecule has 54 heavy (non-hydrogen) atoms. The summed E-state index contributed by atoms with van der Waals surface area (Å²) in [4.78, 5) is 32.1. The molecule has 4 bridgehead atoms. The van der Waals surface area contributed by atoms with Gasteiger partial charge in [-0.1, -0.05) is 42.5 Å². The lowest BCUT2D eigenvalue weighted by Crippen LogP contribution is -2.43. The Morgan fingerprint density at radius 1 is 1.07 bits per heavy atom. The van der Waals surface area contributed by atoms with E-state index in [0.717, 1.165) is 3.97 Å².